The molecule has 6 aromatic heterocycles. The third-order valence-electron chi connectivity index (χ3n) is 5.41. The van der Waals surface area contributed by atoms with Crippen molar-refractivity contribution in [3.05, 3.63) is 70.2 Å². The average Bonchev–Trinajstić information content (AvgIpc) is 3.78. The van der Waals surface area contributed by atoms with Crippen LogP contribution in [0.25, 0.3) is 22.4 Å². The van der Waals surface area contributed by atoms with Gasteiger partial charge in [0.05, 0.1) is 11.9 Å². The minimum absolute atomic E-state index is 0.297. The van der Waals surface area contributed by atoms with Crippen LogP contribution in [-0.4, -0.2) is 65.5 Å². The molecular weight excluding hydrogens is 508 g/mol. The van der Waals surface area contributed by atoms with Crippen molar-refractivity contribution in [1.29, 1.82) is 0 Å². The molecule has 6 aromatic rings. The molecule has 1 atom stereocenters. The van der Waals surface area contributed by atoms with Crippen LogP contribution in [0, 0.1) is 0 Å². The summed E-state index contributed by atoms with van der Waals surface area (Å²) in [5.41, 5.74) is 4.55. The number of hydrogen-bond acceptors (Lipinski definition) is 16. The SMILES string of the molecule is c1cc(N2C(c3ccsn3)=C(c3conn3)C(c3cn[nH]n3)=C(c3nn[nH]n3)C2c2csnn2)no1. The Hall–Kier alpha value is -4.97. The van der Waals surface area contributed by atoms with Crippen LogP contribution in [-0.2, 0) is 0 Å². The molecule has 1 aliphatic rings. The van der Waals surface area contributed by atoms with Crippen molar-refractivity contribution in [2.75, 3.05) is 4.90 Å². The number of nitrogens with one attached hydrogen (secondary N) is 2. The van der Waals surface area contributed by atoms with Gasteiger partial charge in [-0.25, -0.2) is 0 Å². The Balaban J connectivity index is 1.68. The maximum absolute atomic E-state index is 5.24. The Morgan fingerprint density at radius 2 is 1.94 bits per heavy atom. The first-order chi connectivity index (χ1) is 17.9. The van der Waals surface area contributed by atoms with Gasteiger partial charge in [0.25, 0.3) is 0 Å². The second-order valence-electron chi connectivity index (χ2n) is 7.24. The van der Waals surface area contributed by atoms with Gasteiger partial charge in [-0.3, -0.25) is 0 Å². The molecule has 0 amide bonds. The smallest absolute Gasteiger partial charge is 0.203 e. The highest BCUT2D eigenvalue weighted by Gasteiger charge is 2.44. The van der Waals surface area contributed by atoms with E-state index in [0.717, 1.165) is 0 Å². The molecule has 0 aliphatic carbocycles. The van der Waals surface area contributed by atoms with E-state index in [-0.39, 0.29) is 0 Å². The lowest BCUT2D eigenvalue weighted by Gasteiger charge is -2.38. The number of nitrogens with zero attached hydrogens (tertiary/aromatic N) is 12. The van der Waals surface area contributed by atoms with E-state index in [9.17, 15) is 0 Å². The molecule has 0 spiro atoms. The first-order valence-electron chi connectivity index (χ1n) is 10.1. The summed E-state index contributed by atoms with van der Waals surface area (Å²) in [6.45, 7) is 0. The maximum atomic E-state index is 5.24. The summed E-state index contributed by atoms with van der Waals surface area (Å²) < 4.78 is 19.1. The third-order valence-corrected chi connectivity index (χ3v) is 6.49. The predicted octanol–water partition coefficient (Wildman–Crippen LogP) is 1.74. The van der Waals surface area contributed by atoms with E-state index in [4.69, 9.17) is 9.05 Å². The molecule has 0 fully saturated rings. The van der Waals surface area contributed by atoms with Gasteiger partial charge >= 0.3 is 0 Å². The van der Waals surface area contributed by atoms with Gasteiger partial charge in [0.2, 0.25) is 5.82 Å². The lowest BCUT2D eigenvalue weighted by Crippen LogP contribution is -2.34. The van der Waals surface area contributed by atoms with Crippen LogP contribution in [0.3, 0.4) is 0 Å². The molecule has 7 heterocycles. The van der Waals surface area contributed by atoms with Crippen molar-refractivity contribution < 1.29 is 9.05 Å². The lowest BCUT2D eigenvalue weighted by atomic mass is 9.82. The van der Waals surface area contributed by atoms with E-state index in [0.29, 0.717) is 56.8 Å². The van der Waals surface area contributed by atoms with Gasteiger partial charge in [0.1, 0.15) is 35.1 Å². The quantitative estimate of drug-likeness (QED) is 0.322. The topological polar surface area (TPSA) is 203 Å². The predicted molar refractivity (Wildman–Crippen MR) is 122 cm³/mol. The fourth-order valence-electron chi connectivity index (χ4n) is 4.12. The van der Waals surface area contributed by atoms with Gasteiger partial charge in [0.15, 0.2) is 12.1 Å². The number of rotatable bonds is 6. The first-order valence-corrected chi connectivity index (χ1v) is 11.8. The fraction of sp³-hybridized carbons (Fsp3) is 0.0556. The number of H-pyrrole nitrogens is 2. The van der Waals surface area contributed by atoms with E-state index in [2.05, 4.69) is 65.5 Å². The zero-order valence-corrected chi connectivity index (χ0v) is 19.3. The van der Waals surface area contributed by atoms with E-state index < -0.39 is 6.04 Å². The van der Waals surface area contributed by atoms with Crippen molar-refractivity contribution in [2.24, 2.45) is 0 Å². The Kier molecular flexibility index (Phi) is 4.74. The van der Waals surface area contributed by atoms with Crippen LogP contribution < -0.4 is 4.90 Å². The summed E-state index contributed by atoms with van der Waals surface area (Å²) in [6.07, 6.45) is 4.50. The number of tetrazole rings is 1. The molecule has 0 saturated carbocycles. The van der Waals surface area contributed by atoms with Crippen LogP contribution in [0.5, 0.6) is 0 Å². The number of aromatic nitrogens is 13. The molecule has 0 aromatic carbocycles. The Morgan fingerprint density at radius 3 is 2.61 bits per heavy atom. The second-order valence-corrected chi connectivity index (χ2v) is 8.51. The summed E-state index contributed by atoms with van der Waals surface area (Å²) in [5.74, 6) is 0.774. The van der Waals surface area contributed by atoms with Crippen LogP contribution in [0.2, 0.25) is 0 Å². The number of hydrogen-bond donors (Lipinski definition) is 2. The molecule has 1 aliphatic heterocycles. The summed E-state index contributed by atoms with van der Waals surface area (Å²) >= 11 is 2.51. The van der Waals surface area contributed by atoms with Gasteiger partial charge in [-0.1, -0.05) is 9.64 Å². The van der Waals surface area contributed by atoms with Crippen molar-refractivity contribution in [1.82, 2.24) is 65.5 Å². The Bertz CT molecular complexity index is 1500. The summed E-state index contributed by atoms with van der Waals surface area (Å²) in [7, 11) is 0. The molecule has 7 rings (SSSR count). The zero-order chi connectivity index (χ0) is 23.9. The molecule has 0 saturated heterocycles. The molecule has 0 bridgehead atoms. The molecular formula is C18H10N14O2S2. The molecule has 1 unspecified atom stereocenters. The van der Waals surface area contributed by atoms with Crippen molar-refractivity contribution in [2.45, 2.75) is 6.04 Å². The molecule has 18 heteroatoms. The number of allylic oxidation sites excluding steroid dienone is 2. The van der Waals surface area contributed by atoms with Crippen molar-refractivity contribution in [3.8, 4) is 0 Å². The molecule has 2 N–H and O–H groups in total. The molecule has 176 valence electrons. The van der Waals surface area contributed by atoms with Gasteiger partial charge in [-0.15, -0.1) is 20.4 Å². The summed E-state index contributed by atoms with van der Waals surface area (Å²) in [6, 6.07) is 2.97. The molecule has 0 radical (unpaired) electrons. The van der Waals surface area contributed by atoms with Crippen molar-refractivity contribution in [3.63, 3.8) is 0 Å². The van der Waals surface area contributed by atoms with Gasteiger partial charge in [0, 0.05) is 38.8 Å². The van der Waals surface area contributed by atoms with Crippen molar-refractivity contribution >= 4 is 51.3 Å². The zero-order valence-electron chi connectivity index (χ0n) is 17.6. The van der Waals surface area contributed by atoms with Gasteiger partial charge in [-0.2, -0.15) is 25.0 Å². The first kappa shape index (κ1) is 20.4. The minimum Gasteiger partial charge on any atom is -0.363 e. The van der Waals surface area contributed by atoms with E-state index in [1.807, 2.05) is 21.7 Å². The number of anilines is 1. The van der Waals surface area contributed by atoms with E-state index in [1.165, 1.54) is 35.6 Å². The normalized spacial score (nSPS) is 16.3. The molecule has 16 nitrogen and oxygen atoms in total. The highest BCUT2D eigenvalue weighted by Crippen LogP contribution is 2.53. The van der Waals surface area contributed by atoms with E-state index in [1.54, 1.807) is 12.3 Å². The monoisotopic (exact) mass is 518 g/mol. The van der Waals surface area contributed by atoms with Crippen LogP contribution >= 0.6 is 23.1 Å². The molecule has 36 heavy (non-hydrogen) atoms. The fourth-order valence-corrected chi connectivity index (χ4v) is 5.11. The lowest BCUT2D eigenvalue weighted by molar-refractivity contribution is 0.393. The second kappa shape index (κ2) is 8.36. The average molecular weight is 519 g/mol. The Morgan fingerprint density at radius 1 is 0.944 bits per heavy atom. The number of aromatic amines is 2. The van der Waals surface area contributed by atoms with Gasteiger partial charge < -0.3 is 13.9 Å². The van der Waals surface area contributed by atoms with Crippen LogP contribution in [0.1, 0.15) is 34.6 Å². The highest BCUT2D eigenvalue weighted by molar-refractivity contribution is 7.03. The van der Waals surface area contributed by atoms with E-state index >= 15 is 0 Å². The summed E-state index contributed by atoms with van der Waals surface area (Å²) in [4.78, 5) is 1.91. The highest BCUT2D eigenvalue weighted by atomic mass is 32.1. The third kappa shape index (κ3) is 3.15. The minimum atomic E-state index is -0.640. The van der Waals surface area contributed by atoms with Crippen LogP contribution in [0.15, 0.2) is 50.7 Å². The van der Waals surface area contributed by atoms with Gasteiger partial charge in [-0.05, 0) is 34.3 Å². The largest absolute Gasteiger partial charge is 0.363 e. The summed E-state index contributed by atoms with van der Waals surface area (Å²) in [5, 5.41) is 46.3. The van der Waals surface area contributed by atoms with Crippen LogP contribution in [0.4, 0.5) is 5.82 Å². The standard InChI is InChI=1S/C18H10N14O2S2/c1-3-33-25-12(1)32-16(8-2-4-35-26-8)14(10-6-34-30-21-10)13(9-5-19-27-20-9)15(18-23-28-29-24-18)17(32)11-7-36-31-22-11/h1-7,17H,(H,19,20,27)(H,23,24,28,29). The Labute approximate surface area is 207 Å². The maximum Gasteiger partial charge on any atom is 0.203 e.